The van der Waals surface area contributed by atoms with E-state index >= 15 is 0 Å². The van der Waals surface area contributed by atoms with Gasteiger partial charge >= 0.3 is 6.18 Å². The van der Waals surface area contributed by atoms with Gasteiger partial charge in [0.25, 0.3) is 0 Å². The fourth-order valence-corrected chi connectivity index (χ4v) is 1.97. The average molecular weight is 284 g/mol. The summed E-state index contributed by atoms with van der Waals surface area (Å²) >= 11 is 0. The van der Waals surface area contributed by atoms with E-state index in [9.17, 15) is 21.6 Å². The zero-order valence-electron chi connectivity index (χ0n) is 9.28. The molecule has 0 bridgehead atoms. The first-order chi connectivity index (χ1) is 8.15. The molecular formula is C9H11F3N2O3S. The Bertz CT molecular complexity index is 528. The van der Waals surface area contributed by atoms with Gasteiger partial charge in [0, 0.05) is 6.07 Å². The lowest BCUT2D eigenvalue weighted by molar-refractivity contribution is -0.153. The van der Waals surface area contributed by atoms with Crippen LogP contribution < -0.4 is 15.2 Å². The second kappa shape index (κ2) is 5.02. The summed E-state index contributed by atoms with van der Waals surface area (Å²) in [5.74, 6) is -0.153. The predicted octanol–water partition coefficient (Wildman–Crippen LogP) is 1.12. The number of hydrogen-bond donors (Lipinski definition) is 2. The maximum absolute atomic E-state index is 11.9. The Hall–Kier alpha value is -1.48. The van der Waals surface area contributed by atoms with E-state index in [1.807, 2.05) is 4.72 Å². The van der Waals surface area contributed by atoms with Crippen molar-refractivity contribution in [1.82, 2.24) is 4.72 Å². The Morgan fingerprint density at radius 1 is 1.39 bits per heavy atom. The van der Waals surface area contributed by atoms with Crippen LogP contribution in [0.2, 0.25) is 0 Å². The number of sulfonamides is 1. The molecule has 1 aromatic rings. The van der Waals surface area contributed by atoms with Crippen LogP contribution in [-0.4, -0.2) is 28.2 Å². The van der Waals surface area contributed by atoms with Gasteiger partial charge in [0.1, 0.15) is 10.6 Å². The first-order valence-corrected chi connectivity index (χ1v) is 6.16. The van der Waals surface area contributed by atoms with Gasteiger partial charge in [-0.25, -0.2) is 13.1 Å². The molecule has 0 aromatic heterocycles. The molecule has 9 heteroatoms. The van der Waals surface area contributed by atoms with Gasteiger partial charge in [-0.1, -0.05) is 0 Å². The smallest absolute Gasteiger partial charge is 0.422 e. The molecule has 0 unspecified atom stereocenters. The van der Waals surface area contributed by atoms with Crippen molar-refractivity contribution >= 4 is 15.7 Å². The Morgan fingerprint density at radius 3 is 2.44 bits per heavy atom. The number of rotatable bonds is 4. The Labute approximate surface area is 102 Å². The average Bonchev–Trinajstić information content (AvgIpc) is 2.25. The van der Waals surface area contributed by atoms with E-state index in [1.54, 1.807) is 0 Å². The van der Waals surface area contributed by atoms with Crippen LogP contribution in [0.25, 0.3) is 0 Å². The van der Waals surface area contributed by atoms with Crippen molar-refractivity contribution in [2.45, 2.75) is 11.1 Å². The van der Waals surface area contributed by atoms with Gasteiger partial charge in [0.2, 0.25) is 10.0 Å². The van der Waals surface area contributed by atoms with Crippen LogP contribution in [0, 0.1) is 0 Å². The number of ether oxygens (including phenoxy) is 1. The number of halogens is 3. The number of nitrogens with one attached hydrogen (secondary N) is 1. The predicted molar refractivity (Wildman–Crippen MR) is 58.6 cm³/mol. The van der Waals surface area contributed by atoms with Gasteiger partial charge in [-0.3, -0.25) is 0 Å². The van der Waals surface area contributed by atoms with Crippen LogP contribution >= 0.6 is 0 Å². The SMILES string of the molecule is CNS(=O)(=O)c1ccc(OCC(F)(F)F)cc1N. The summed E-state index contributed by atoms with van der Waals surface area (Å²) in [6.45, 7) is -1.47. The first kappa shape index (κ1) is 14.6. The van der Waals surface area contributed by atoms with Crippen molar-refractivity contribution < 1.29 is 26.3 Å². The molecule has 0 aliphatic rings. The number of hydrogen-bond acceptors (Lipinski definition) is 4. The van der Waals surface area contributed by atoms with E-state index in [2.05, 4.69) is 4.74 Å². The van der Waals surface area contributed by atoms with Gasteiger partial charge in [0.15, 0.2) is 6.61 Å². The highest BCUT2D eigenvalue weighted by molar-refractivity contribution is 7.89. The van der Waals surface area contributed by atoms with Crippen LogP contribution in [0.15, 0.2) is 23.1 Å². The van der Waals surface area contributed by atoms with Crippen LogP contribution in [0.3, 0.4) is 0 Å². The summed E-state index contributed by atoms with van der Waals surface area (Å²) in [4.78, 5) is -0.218. The lowest BCUT2D eigenvalue weighted by Gasteiger charge is -2.11. The van der Waals surface area contributed by atoms with E-state index in [4.69, 9.17) is 5.73 Å². The molecule has 1 aromatic carbocycles. The third kappa shape index (κ3) is 3.77. The molecule has 0 heterocycles. The minimum absolute atomic E-state index is 0.153. The normalized spacial score (nSPS) is 12.4. The van der Waals surface area contributed by atoms with Gasteiger partial charge < -0.3 is 10.5 Å². The minimum atomic E-state index is -4.47. The first-order valence-electron chi connectivity index (χ1n) is 4.68. The molecular weight excluding hydrogens is 273 g/mol. The molecule has 1 rings (SSSR count). The van der Waals surface area contributed by atoms with E-state index in [0.29, 0.717) is 0 Å². The minimum Gasteiger partial charge on any atom is -0.484 e. The van der Waals surface area contributed by atoms with Crippen molar-refractivity contribution in [3.8, 4) is 5.75 Å². The lowest BCUT2D eigenvalue weighted by Crippen LogP contribution is -2.21. The number of alkyl halides is 3. The summed E-state index contributed by atoms with van der Waals surface area (Å²) in [6.07, 6.45) is -4.47. The van der Waals surface area contributed by atoms with Crippen LogP contribution in [0.5, 0.6) is 5.75 Å². The third-order valence-corrected chi connectivity index (χ3v) is 3.43. The van der Waals surface area contributed by atoms with Gasteiger partial charge in [-0.05, 0) is 19.2 Å². The van der Waals surface area contributed by atoms with Crippen molar-refractivity contribution in [3.05, 3.63) is 18.2 Å². The molecule has 0 aliphatic carbocycles. The van der Waals surface area contributed by atoms with Crippen LogP contribution in [0.4, 0.5) is 18.9 Å². The molecule has 18 heavy (non-hydrogen) atoms. The van der Waals surface area contributed by atoms with E-state index in [1.165, 1.54) is 7.05 Å². The van der Waals surface area contributed by atoms with Crippen molar-refractivity contribution in [1.29, 1.82) is 0 Å². The molecule has 0 fully saturated rings. The van der Waals surface area contributed by atoms with E-state index < -0.39 is 22.8 Å². The second-order valence-electron chi connectivity index (χ2n) is 3.31. The molecule has 102 valence electrons. The summed E-state index contributed by atoms with van der Waals surface area (Å²) in [5.41, 5.74) is 5.25. The molecule has 5 nitrogen and oxygen atoms in total. The Kier molecular flexibility index (Phi) is 4.07. The number of anilines is 1. The summed E-state index contributed by atoms with van der Waals surface area (Å²) < 4.78 is 65.1. The molecule has 0 spiro atoms. The van der Waals surface area contributed by atoms with Crippen molar-refractivity contribution in [2.24, 2.45) is 0 Å². The largest absolute Gasteiger partial charge is 0.484 e. The maximum atomic E-state index is 11.9. The lowest BCUT2D eigenvalue weighted by atomic mass is 10.3. The standard InChI is InChI=1S/C9H11F3N2O3S/c1-14-18(15,16)8-3-2-6(4-7(8)13)17-5-9(10,11)12/h2-4,14H,5,13H2,1H3. The maximum Gasteiger partial charge on any atom is 0.422 e. The monoisotopic (exact) mass is 284 g/mol. The van der Waals surface area contributed by atoms with E-state index in [0.717, 1.165) is 18.2 Å². The highest BCUT2D eigenvalue weighted by Crippen LogP contribution is 2.25. The quantitative estimate of drug-likeness (QED) is 0.812. The third-order valence-electron chi connectivity index (χ3n) is 1.94. The summed E-state index contributed by atoms with van der Waals surface area (Å²) in [6, 6.07) is 3.20. The molecule has 0 atom stereocenters. The Morgan fingerprint density at radius 2 is 2.00 bits per heavy atom. The molecule has 0 radical (unpaired) electrons. The molecule has 0 amide bonds. The molecule has 0 aliphatic heterocycles. The van der Waals surface area contributed by atoms with Crippen LogP contribution in [0.1, 0.15) is 0 Å². The van der Waals surface area contributed by atoms with Crippen molar-refractivity contribution in [2.75, 3.05) is 19.4 Å². The Balaban J connectivity index is 2.94. The van der Waals surface area contributed by atoms with Crippen LogP contribution in [-0.2, 0) is 10.0 Å². The van der Waals surface area contributed by atoms with Crippen molar-refractivity contribution in [3.63, 3.8) is 0 Å². The fourth-order valence-electron chi connectivity index (χ4n) is 1.14. The second-order valence-corrected chi connectivity index (χ2v) is 5.17. The summed E-state index contributed by atoms with van der Waals surface area (Å²) in [7, 11) is -2.54. The highest BCUT2D eigenvalue weighted by atomic mass is 32.2. The van der Waals surface area contributed by atoms with Gasteiger partial charge in [-0.15, -0.1) is 0 Å². The summed E-state index contributed by atoms with van der Waals surface area (Å²) in [5, 5.41) is 0. The zero-order chi connectivity index (χ0) is 14.0. The van der Waals surface area contributed by atoms with Gasteiger partial charge in [0.05, 0.1) is 5.69 Å². The number of nitrogen functional groups attached to an aromatic ring is 1. The number of nitrogens with two attached hydrogens (primary N) is 1. The van der Waals surface area contributed by atoms with E-state index in [-0.39, 0.29) is 16.3 Å². The molecule has 0 saturated heterocycles. The fraction of sp³-hybridized carbons (Fsp3) is 0.333. The topological polar surface area (TPSA) is 81.4 Å². The molecule has 0 saturated carbocycles. The zero-order valence-corrected chi connectivity index (χ0v) is 10.1. The highest BCUT2D eigenvalue weighted by Gasteiger charge is 2.28. The molecule has 3 N–H and O–H groups in total. The van der Waals surface area contributed by atoms with Gasteiger partial charge in [-0.2, -0.15) is 13.2 Å². The number of benzene rings is 1.